The molecule has 1 aromatic rings. The summed E-state index contributed by atoms with van der Waals surface area (Å²) < 4.78 is 5.91. The number of likely N-dealkylation sites (tertiary alicyclic amines) is 1. The lowest BCUT2D eigenvalue weighted by molar-refractivity contribution is 0.0944. The number of piperidine rings is 1. The second-order valence-corrected chi connectivity index (χ2v) is 8.00. The zero-order chi connectivity index (χ0) is 22.5. The van der Waals surface area contributed by atoms with Crippen molar-refractivity contribution in [3.63, 3.8) is 0 Å². The highest BCUT2D eigenvalue weighted by Gasteiger charge is 2.20. The molecule has 0 radical (unpaired) electrons. The molecule has 1 heterocycles. The minimum atomic E-state index is -0.170. The molecular formula is C24H38N4O3. The number of hydrogen-bond acceptors (Lipinski definition) is 4. The standard InChI is InChI=1S/C24H38N4O3/c1-4-5-12-27-24(25-3)28-14-10-20(11-15-28)7-6-17-31-21-8-9-22(19(2)18-21)23(30)26-13-16-29/h8-9,12,18,20,29H,4-7,10-11,13-17H2,1-3H3,(H,26,30). The van der Waals surface area contributed by atoms with Gasteiger partial charge in [0, 0.05) is 38.5 Å². The van der Waals surface area contributed by atoms with E-state index < -0.39 is 0 Å². The van der Waals surface area contributed by atoms with Gasteiger partial charge in [0.2, 0.25) is 5.96 Å². The van der Waals surface area contributed by atoms with Crippen LogP contribution >= 0.6 is 0 Å². The maximum absolute atomic E-state index is 12.0. The SMILES string of the molecule is CCCC=NC(=NC)N1CCC(CCCOc2ccc(C(=O)NCCO)c(C)c2)CC1. The van der Waals surface area contributed by atoms with Crippen LogP contribution in [0.4, 0.5) is 0 Å². The first-order chi connectivity index (χ1) is 15.1. The van der Waals surface area contributed by atoms with Crippen LogP contribution in [0.15, 0.2) is 28.2 Å². The van der Waals surface area contributed by atoms with Gasteiger partial charge in [-0.2, -0.15) is 0 Å². The Morgan fingerprint density at radius 3 is 2.77 bits per heavy atom. The number of nitrogens with one attached hydrogen (secondary N) is 1. The molecule has 0 atom stereocenters. The van der Waals surface area contributed by atoms with E-state index >= 15 is 0 Å². The normalized spacial score (nSPS) is 15.5. The number of aryl methyl sites for hydroxylation is 1. The fraction of sp³-hybridized carbons (Fsp3) is 0.625. The van der Waals surface area contributed by atoms with E-state index in [9.17, 15) is 4.79 Å². The summed E-state index contributed by atoms with van der Waals surface area (Å²) in [6.45, 7) is 6.95. The largest absolute Gasteiger partial charge is 0.494 e. The zero-order valence-corrected chi connectivity index (χ0v) is 19.3. The number of aliphatic hydroxyl groups is 1. The minimum Gasteiger partial charge on any atom is -0.494 e. The van der Waals surface area contributed by atoms with Gasteiger partial charge in [-0.3, -0.25) is 9.79 Å². The second-order valence-electron chi connectivity index (χ2n) is 8.00. The lowest BCUT2D eigenvalue weighted by Crippen LogP contribution is -2.37. The monoisotopic (exact) mass is 430 g/mol. The number of unbranched alkanes of at least 4 members (excludes halogenated alkanes) is 1. The molecule has 0 aliphatic carbocycles. The molecule has 0 aromatic heterocycles. The molecule has 2 N–H and O–H groups in total. The number of rotatable bonds is 10. The van der Waals surface area contributed by atoms with Crippen molar-refractivity contribution >= 4 is 18.1 Å². The van der Waals surface area contributed by atoms with Crippen molar-refractivity contribution in [2.24, 2.45) is 15.9 Å². The van der Waals surface area contributed by atoms with Crippen molar-refractivity contribution in [3.8, 4) is 5.75 Å². The molecule has 0 saturated carbocycles. The number of ether oxygens (including phenoxy) is 1. The molecule has 1 aliphatic rings. The molecule has 1 fully saturated rings. The topological polar surface area (TPSA) is 86.5 Å². The number of aliphatic imine (C=N–C) groups is 2. The van der Waals surface area contributed by atoms with E-state index in [0.717, 1.165) is 62.0 Å². The predicted molar refractivity (Wildman–Crippen MR) is 126 cm³/mol. The summed E-state index contributed by atoms with van der Waals surface area (Å²) in [4.78, 5) is 23.2. The number of carbonyl (C=O) groups excluding carboxylic acids is 1. The lowest BCUT2D eigenvalue weighted by Gasteiger charge is -2.32. The summed E-state index contributed by atoms with van der Waals surface area (Å²) in [7, 11) is 1.82. The summed E-state index contributed by atoms with van der Waals surface area (Å²) in [6, 6.07) is 5.52. The molecule has 1 aliphatic heterocycles. The molecule has 7 nitrogen and oxygen atoms in total. The summed E-state index contributed by atoms with van der Waals surface area (Å²) >= 11 is 0. The van der Waals surface area contributed by atoms with E-state index in [4.69, 9.17) is 9.84 Å². The van der Waals surface area contributed by atoms with Gasteiger partial charge in [0.15, 0.2) is 0 Å². The fourth-order valence-electron chi connectivity index (χ4n) is 3.79. The maximum atomic E-state index is 12.0. The van der Waals surface area contributed by atoms with Gasteiger partial charge in [-0.15, -0.1) is 0 Å². The molecule has 1 aromatic carbocycles. The van der Waals surface area contributed by atoms with Crippen LogP contribution in [-0.4, -0.2) is 68.0 Å². The number of nitrogens with zero attached hydrogens (tertiary/aromatic N) is 3. The van der Waals surface area contributed by atoms with Gasteiger partial charge >= 0.3 is 0 Å². The van der Waals surface area contributed by atoms with E-state index in [-0.39, 0.29) is 19.1 Å². The Hall–Kier alpha value is -2.41. The van der Waals surface area contributed by atoms with E-state index in [1.165, 1.54) is 12.8 Å². The van der Waals surface area contributed by atoms with Crippen LogP contribution in [0.5, 0.6) is 5.75 Å². The highest BCUT2D eigenvalue weighted by atomic mass is 16.5. The Morgan fingerprint density at radius 1 is 1.35 bits per heavy atom. The van der Waals surface area contributed by atoms with Crippen molar-refractivity contribution in [2.75, 3.05) is 39.9 Å². The van der Waals surface area contributed by atoms with Crippen molar-refractivity contribution in [1.82, 2.24) is 10.2 Å². The van der Waals surface area contributed by atoms with Gasteiger partial charge in [-0.25, -0.2) is 4.99 Å². The van der Waals surface area contributed by atoms with E-state index in [2.05, 4.69) is 27.1 Å². The highest BCUT2D eigenvalue weighted by Crippen LogP contribution is 2.23. The minimum absolute atomic E-state index is 0.0642. The Balaban J connectivity index is 1.69. The summed E-state index contributed by atoms with van der Waals surface area (Å²) in [6.07, 6.45) is 8.58. The molecule has 0 unspecified atom stereocenters. The molecule has 1 amide bonds. The van der Waals surface area contributed by atoms with Gasteiger partial charge in [0.05, 0.1) is 13.2 Å². The van der Waals surface area contributed by atoms with Gasteiger partial charge in [0.1, 0.15) is 5.75 Å². The van der Waals surface area contributed by atoms with Crippen LogP contribution < -0.4 is 10.1 Å². The molecule has 1 saturated heterocycles. The first-order valence-corrected chi connectivity index (χ1v) is 11.5. The lowest BCUT2D eigenvalue weighted by atomic mass is 9.92. The van der Waals surface area contributed by atoms with Crippen molar-refractivity contribution in [1.29, 1.82) is 0 Å². The third kappa shape index (κ3) is 8.32. The van der Waals surface area contributed by atoms with E-state index in [0.29, 0.717) is 12.2 Å². The average Bonchev–Trinajstić information content (AvgIpc) is 2.78. The summed E-state index contributed by atoms with van der Waals surface area (Å²) in [5.74, 6) is 2.20. The van der Waals surface area contributed by atoms with Gasteiger partial charge in [-0.1, -0.05) is 13.3 Å². The third-order valence-corrected chi connectivity index (χ3v) is 5.59. The number of amides is 1. The predicted octanol–water partition coefficient (Wildman–Crippen LogP) is 3.44. The summed E-state index contributed by atoms with van der Waals surface area (Å²) in [5, 5.41) is 11.5. The van der Waals surface area contributed by atoms with Crippen LogP contribution in [0.3, 0.4) is 0 Å². The Bertz CT molecular complexity index is 740. The van der Waals surface area contributed by atoms with E-state index in [1.807, 2.05) is 32.3 Å². The molecule has 0 spiro atoms. The number of guanidine groups is 1. The van der Waals surface area contributed by atoms with E-state index in [1.54, 1.807) is 6.07 Å². The first kappa shape index (κ1) is 24.9. The number of hydrogen-bond donors (Lipinski definition) is 2. The number of benzene rings is 1. The molecule has 0 bridgehead atoms. The Kier molecular flexibility index (Phi) is 11.1. The highest BCUT2D eigenvalue weighted by molar-refractivity contribution is 5.95. The molecule has 172 valence electrons. The van der Waals surface area contributed by atoms with Gasteiger partial charge < -0.3 is 20.1 Å². The van der Waals surface area contributed by atoms with Crippen LogP contribution in [0.25, 0.3) is 0 Å². The van der Waals surface area contributed by atoms with Crippen LogP contribution in [0.2, 0.25) is 0 Å². The average molecular weight is 431 g/mol. The number of carbonyl (C=O) groups is 1. The van der Waals surface area contributed by atoms with Crippen molar-refractivity contribution < 1.29 is 14.6 Å². The van der Waals surface area contributed by atoms with Gasteiger partial charge in [0.25, 0.3) is 5.91 Å². The van der Waals surface area contributed by atoms with Crippen LogP contribution in [-0.2, 0) is 0 Å². The number of aliphatic hydroxyl groups excluding tert-OH is 1. The molecule has 7 heteroatoms. The molecule has 31 heavy (non-hydrogen) atoms. The second kappa shape index (κ2) is 13.8. The van der Waals surface area contributed by atoms with Crippen molar-refractivity contribution in [3.05, 3.63) is 29.3 Å². The fourth-order valence-corrected chi connectivity index (χ4v) is 3.79. The first-order valence-electron chi connectivity index (χ1n) is 11.5. The summed E-state index contributed by atoms with van der Waals surface area (Å²) in [5.41, 5.74) is 1.48. The maximum Gasteiger partial charge on any atom is 0.251 e. The Morgan fingerprint density at radius 2 is 2.13 bits per heavy atom. The van der Waals surface area contributed by atoms with Crippen LogP contribution in [0.1, 0.15) is 61.4 Å². The smallest absolute Gasteiger partial charge is 0.251 e. The zero-order valence-electron chi connectivity index (χ0n) is 19.3. The Labute approximate surface area is 186 Å². The van der Waals surface area contributed by atoms with Gasteiger partial charge in [-0.05, 0) is 68.7 Å². The quantitative estimate of drug-likeness (QED) is 0.338. The molecular weight excluding hydrogens is 392 g/mol. The van der Waals surface area contributed by atoms with Crippen molar-refractivity contribution in [2.45, 2.75) is 52.4 Å². The third-order valence-electron chi connectivity index (χ3n) is 5.59. The van der Waals surface area contributed by atoms with Crippen LogP contribution in [0, 0.1) is 12.8 Å². The molecule has 2 rings (SSSR count).